The van der Waals surface area contributed by atoms with Crippen LogP contribution in [-0.4, -0.2) is 41.6 Å². The smallest absolute Gasteiger partial charge is 0.332 e. The van der Waals surface area contributed by atoms with E-state index in [2.05, 4.69) is 0 Å². The second-order valence-corrected chi connectivity index (χ2v) is 13.6. The summed E-state index contributed by atoms with van der Waals surface area (Å²) >= 11 is 0. The number of sulfone groups is 1. The molecule has 0 amide bonds. The molecule has 8 heteroatoms. The van der Waals surface area contributed by atoms with Crippen LogP contribution in [0.3, 0.4) is 0 Å². The maximum absolute atomic E-state index is 13.3. The lowest BCUT2D eigenvalue weighted by Crippen LogP contribution is -2.29. The molecule has 0 saturated carbocycles. The van der Waals surface area contributed by atoms with E-state index in [4.69, 9.17) is 9.47 Å². The molecular formula is C19H26O6SSi. The second kappa shape index (κ2) is 9.66. The van der Waals surface area contributed by atoms with Gasteiger partial charge < -0.3 is 9.47 Å². The lowest BCUT2D eigenvalue weighted by molar-refractivity contribution is -0.138. The largest absolute Gasteiger partial charge is 0.463 e. The van der Waals surface area contributed by atoms with Crippen LogP contribution in [0.1, 0.15) is 13.8 Å². The molecule has 1 rings (SSSR count). The molecule has 0 atom stereocenters. The Kier molecular flexibility index (Phi) is 8.17. The highest BCUT2D eigenvalue weighted by Gasteiger charge is 2.33. The summed E-state index contributed by atoms with van der Waals surface area (Å²) in [6, 6.07) is 7.78. The minimum Gasteiger partial charge on any atom is -0.463 e. The highest BCUT2D eigenvalue weighted by atomic mass is 32.2. The van der Waals surface area contributed by atoms with Crippen LogP contribution in [0.15, 0.2) is 57.5 Å². The third-order valence-corrected chi connectivity index (χ3v) is 7.52. The van der Waals surface area contributed by atoms with Gasteiger partial charge >= 0.3 is 11.9 Å². The van der Waals surface area contributed by atoms with Crippen LogP contribution in [0.4, 0.5) is 0 Å². The van der Waals surface area contributed by atoms with E-state index in [1.165, 1.54) is 18.2 Å². The van der Waals surface area contributed by atoms with Crippen LogP contribution in [0.25, 0.3) is 0 Å². The highest BCUT2D eigenvalue weighted by molar-refractivity contribution is 7.95. The predicted molar refractivity (Wildman–Crippen MR) is 106 cm³/mol. The third kappa shape index (κ3) is 6.48. The van der Waals surface area contributed by atoms with Gasteiger partial charge in [-0.2, -0.15) is 0 Å². The fourth-order valence-electron chi connectivity index (χ4n) is 2.28. The van der Waals surface area contributed by atoms with Gasteiger partial charge in [0, 0.05) is 12.2 Å². The summed E-state index contributed by atoms with van der Waals surface area (Å²) in [5.41, 5.74) is 0. The molecule has 0 aromatic heterocycles. The van der Waals surface area contributed by atoms with Gasteiger partial charge in [0.25, 0.3) is 0 Å². The van der Waals surface area contributed by atoms with Crippen molar-refractivity contribution in [1.82, 2.24) is 0 Å². The van der Waals surface area contributed by atoms with E-state index in [0.29, 0.717) is 5.20 Å². The summed E-state index contributed by atoms with van der Waals surface area (Å²) in [6.45, 7) is 9.22. The van der Waals surface area contributed by atoms with E-state index in [-0.39, 0.29) is 23.0 Å². The minimum atomic E-state index is -4.04. The Labute approximate surface area is 161 Å². The number of benzene rings is 1. The number of rotatable bonds is 8. The first-order valence-corrected chi connectivity index (χ1v) is 13.6. The molecular weight excluding hydrogens is 384 g/mol. The average molecular weight is 411 g/mol. The first kappa shape index (κ1) is 22.8. The molecule has 1 aromatic carbocycles. The molecule has 0 N–H and O–H groups in total. The molecule has 0 saturated heterocycles. The monoisotopic (exact) mass is 410 g/mol. The summed E-state index contributed by atoms with van der Waals surface area (Å²) in [6.07, 6.45) is 2.14. The van der Waals surface area contributed by atoms with Crippen LogP contribution in [0.2, 0.25) is 19.6 Å². The summed E-state index contributed by atoms with van der Waals surface area (Å²) < 4.78 is 36.4. The van der Waals surface area contributed by atoms with Gasteiger partial charge in [-0.1, -0.05) is 37.8 Å². The Balaban J connectivity index is 3.70. The van der Waals surface area contributed by atoms with Crippen LogP contribution in [0.5, 0.6) is 0 Å². The Morgan fingerprint density at radius 2 is 1.41 bits per heavy atom. The van der Waals surface area contributed by atoms with Crippen LogP contribution < -0.4 is 0 Å². The Morgan fingerprint density at radius 3 is 1.85 bits per heavy atom. The molecule has 0 fully saturated rings. The van der Waals surface area contributed by atoms with Gasteiger partial charge in [-0.25, -0.2) is 18.0 Å². The maximum atomic E-state index is 13.3. The molecule has 27 heavy (non-hydrogen) atoms. The quantitative estimate of drug-likeness (QED) is 0.283. The first-order valence-electron chi connectivity index (χ1n) is 8.62. The summed E-state index contributed by atoms with van der Waals surface area (Å²) in [5.74, 6) is -1.42. The van der Waals surface area contributed by atoms with Crippen molar-refractivity contribution in [3.8, 4) is 0 Å². The molecule has 0 radical (unpaired) electrons. The molecule has 0 spiro atoms. The molecule has 6 nitrogen and oxygen atoms in total. The Hall–Kier alpha value is -2.19. The molecule has 148 valence electrons. The molecule has 0 unspecified atom stereocenters. The fraction of sp³-hybridized carbons (Fsp3) is 0.368. The normalized spacial score (nSPS) is 13.2. The van der Waals surface area contributed by atoms with Crippen molar-refractivity contribution in [2.45, 2.75) is 38.4 Å². The number of carbonyl (C=O) groups is 2. The molecule has 0 aliphatic carbocycles. The van der Waals surface area contributed by atoms with E-state index < -0.39 is 29.8 Å². The lowest BCUT2D eigenvalue weighted by atomic mass is 10.4. The van der Waals surface area contributed by atoms with Gasteiger partial charge in [-0.3, -0.25) is 0 Å². The van der Waals surface area contributed by atoms with Crippen molar-refractivity contribution in [1.29, 1.82) is 0 Å². The van der Waals surface area contributed by atoms with Crippen molar-refractivity contribution in [3.63, 3.8) is 0 Å². The van der Waals surface area contributed by atoms with Gasteiger partial charge in [0.1, 0.15) is 0 Å². The number of esters is 2. The minimum absolute atomic E-state index is 0.0357. The molecule has 0 heterocycles. The van der Waals surface area contributed by atoms with Gasteiger partial charge in [-0.15, -0.1) is 0 Å². The van der Waals surface area contributed by atoms with Crippen LogP contribution in [-0.2, 0) is 28.9 Å². The lowest BCUT2D eigenvalue weighted by Gasteiger charge is -2.23. The molecule has 0 aliphatic heterocycles. The summed E-state index contributed by atoms with van der Waals surface area (Å²) in [7, 11) is -6.41. The van der Waals surface area contributed by atoms with Gasteiger partial charge in [-0.05, 0) is 31.2 Å². The second-order valence-electron chi connectivity index (χ2n) is 6.64. The van der Waals surface area contributed by atoms with Gasteiger partial charge in [0.15, 0.2) is 0 Å². The van der Waals surface area contributed by atoms with Crippen molar-refractivity contribution in [2.24, 2.45) is 0 Å². The van der Waals surface area contributed by atoms with E-state index in [1.54, 1.807) is 32.0 Å². The zero-order valence-corrected chi connectivity index (χ0v) is 18.1. The zero-order chi connectivity index (χ0) is 20.7. The molecule has 1 aromatic rings. The topological polar surface area (TPSA) is 86.7 Å². The summed E-state index contributed by atoms with van der Waals surface area (Å²) in [5, 5.41) is 0.304. The van der Waals surface area contributed by atoms with E-state index in [1.807, 2.05) is 19.6 Å². The van der Waals surface area contributed by atoms with Crippen molar-refractivity contribution in [2.75, 3.05) is 13.2 Å². The van der Waals surface area contributed by atoms with Crippen LogP contribution >= 0.6 is 0 Å². The standard InChI is InChI=1S/C19H26O6SSi/c1-6-24-18(20)13-16(26(22,23)15-11-9-8-10-12-15)17(27(3,4)5)14-19(21)25-7-2/h8-14H,6-7H2,1-5H3/b16-13-,17-14-. The number of allylic oxidation sites excluding steroid dienone is 1. The zero-order valence-electron chi connectivity index (χ0n) is 16.3. The van der Waals surface area contributed by atoms with E-state index in [0.717, 1.165) is 6.08 Å². The van der Waals surface area contributed by atoms with Crippen molar-refractivity contribution < 1.29 is 27.5 Å². The van der Waals surface area contributed by atoms with Crippen molar-refractivity contribution in [3.05, 3.63) is 52.6 Å². The summed E-state index contributed by atoms with van der Waals surface area (Å²) in [4.78, 5) is 24.0. The maximum Gasteiger partial charge on any atom is 0.332 e. The molecule has 0 aliphatic rings. The number of hydrogen-bond acceptors (Lipinski definition) is 6. The predicted octanol–water partition coefficient (Wildman–Crippen LogP) is 3.27. The highest BCUT2D eigenvalue weighted by Crippen LogP contribution is 2.31. The van der Waals surface area contributed by atoms with E-state index >= 15 is 0 Å². The number of carbonyl (C=O) groups excluding carboxylic acids is 2. The number of ether oxygens (including phenoxy) is 2. The SMILES string of the molecule is CCOC(=O)/C=C(/C(=C/C(=O)OCC)S(=O)(=O)c1ccccc1)[Si](C)(C)C. The van der Waals surface area contributed by atoms with Crippen LogP contribution in [0, 0.1) is 0 Å². The fourth-order valence-corrected chi connectivity index (χ4v) is 6.33. The number of hydrogen-bond donors (Lipinski definition) is 0. The molecule has 0 bridgehead atoms. The van der Waals surface area contributed by atoms with Gasteiger partial charge in [0.2, 0.25) is 9.84 Å². The Morgan fingerprint density at radius 1 is 0.926 bits per heavy atom. The Bertz CT molecular complexity index is 833. The first-order chi connectivity index (χ1) is 12.5. The van der Waals surface area contributed by atoms with E-state index in [9.17, 15) is 18.0 Å². The average Bonchev–Trinajstić information content (AvgIpc) is 2.58. The van der Waals surface area contributed by atoms with Crippen molar-refractivity contribution >= 4 is 29.8 Å². The third-order valence-electron chi connectivity index (χ3n) is 3.50. The van der Waals surface area contributed by atoms with Gasteiger partial charge in [0.05, 0.1) is 31.1 Å².